The van der Waals surface area contributed by atoms with Gasteiger partial charge in [0.2, 0.25) is 10.0 Å². The van der Waals surface area contributed by atoms with Gasteiger partial charge in [-0.2, -0.15) is 0 Å². The summed E-state index contributed by atoms with van der Waals surface area (Å²) < 4.78 is 38.6. The Bertz CT molecular complexity index is 1610. The molecule has 0 radical (unpaired) electrons. The SMILES string of the molecule is COc1c(NS(C)(=O)=O)cc(C(C)(C)C)cc1N(C)C(=O)c1ccc(Cl)c(Oc2ccnc(CN3CCCN(C)CC3)c2)c1. The first kappa shape index (κ1) is 33.5. The number of halogens is 1. The molecule has 1 N–H and O–H groups in total. The van der Waals surface area contributed by atoms with Crippen LogP contribution in [-0.4, -0.2) is 82.7 Å². The molecular weight excluding hydrogens is 602 g/mol. The van der Waals surface area contributed by atoms with Gasteiger partial charge in [-0.05, 0) is 73.9 Å². The molecule has 0 spiro atoms. The number of likely N-dealkylation sites (N-methyl/N-ethyl adjacent to an activating group) is 1. The summed E-state index contributed by atoms with van der Waals surface area (Å²) in [5, 5.41) is 0.352. The lowest BCUT2D eigenvalue weighted by molar-refractivity contribution is 0.0992. The molecule has 238 valence electrons. The first-order chi connectivity index (χ1) is 20.6. The lowest BCUT2D eigenvalue weighted by Gasteiger charge is -2.27. The molecule has 1 fully saturated rings. The summed E-state index contributed by atoms with van der Waals surface area (Å²) in [7, 11) is 1.57. The number of carbonyl (C=O) groups is 1. The molecule has 0 unspecified atom stereocenters. The number of benzene rings is 2. The number of methoxy groups -OCH3 is 1. The Balaban J connectivity index is 1.61. The molecule has 1 aromatic heterocycles. The van der Waals surface area contributed by atoms with Crippen LogP contribution in [0.1, 0.15) is 48.8 Å². The molecule has 12 heteroatoms. The molecular formula is C32H42ClN5O5S. The van der Waals surface area contributed by atoms with Crippen molar-refractivity contribution in [1.82, 2.24) is 14.8 Å². The van der Waals surface area contributed by atoms with E-state index in [1.807, 2.05) is 32.9 Å². The fourth-order valence-electron chi connectivity index (χ4n) is 5.02. The molecule has 44 heavy (non-hydrogen) atoms. The van der Waals surface area contributed by atoms with Crippen LogP contribution in [0.5, 0.6) is 17.2 Å². The summed E-state index contributed by atoms with van der Waals surface area (Å²) in [5.41, 5.74) is 2.35. The van der Waals surface area contributed by atoms with Crippen LogP contribution in [0.25, 0.3) is 0 Å². The fourth-order valence-corrected chi connectivity index (χ4v) is 5.73. The van der Waals surface area contributed by atoms with Gasteiger partial charge in [0, 0.05) is 44.5 Å². The van der Waals surface area contributed by atoms with E-state index in [1.165, 1.54) is 12.0 Å². The lowest BCUT2D eigenvalue weighted by atomic mass is 9.86. The number of amides is 1. The van der Waals surface area contributed by atoms with Crippen molar-refractivity contribution in [3.8, 4) is 17.2 Å². The molecule has 0 atom stereocenters. The quantitative estimate of drug-likeness (QED) is 0.321. The molecule has 1 saturated heterocycles. The number of ether oxygens (including phenoxy) is 2. The normalized spacial score (nSPS) is 15.0. The molecule has 1 amide bonds. The molecule has 2 aromatic carbocycles. The van der Waals surface area contributed by atoms with Crippen molar-refractivity contribution in [1.29, 1.82) is 0 Å². The van der Waals surface area contributed by atoms with Crippen LogP contribution in [-0.2, 0) is 22.0 Å². The van der Waals surface area contributed by atoms with Gasteiger partial charge in [-0.3, -0.25) is 19.4 Å². The van der Waals surface area contributed by atoms with Crippen LogP contribution in [0, 0.1) is 0 Å². The van der Waals surface area contributed by atoms with E-state index < -0.39 is 10.0 Å². The van der Waals surface area contributed by atoms with Gasteiger partial charge in [0.1, 0.15) is 11.5 Å². The first-order valence-electron chi connectivity index (χ1n) is 14.5. The van der Waals surface area contributed by atoms with Crippen LogP contribution >= 0.6 is 11.6 Å². The Hall–Kier alpha value is -3.38. The number of sulfonamides is 1. The minimum atomic E-state index is -3.62. The average Bonchev–Trinajstić information content (AvgIpc) is 3.15. The third kappa shape index (κ3) is 8.62. The van der Waals surface area contributed by atoms with Gasteiger partial charge in [-0.25, -0.2) is 8.42 Å². The van der Waals surface area contributed by atoms with Crippen molar-refractivity contribution in [2.75, 3.05) is 63.3 Å². The number of hydrogen-bond acceptors (Lipinski definition) is 8. The number of nitrogens with zero attached hydrogens (tertiary/aromatic N) is 4. The van der Waals surface area contributed by atoms with Gasteiger partial charge in [0.05, 0.1) is 35.5 Å². The monoisotopic (exact) mass is 643 g/mol. The van der Waals surface area contributed by atoms with Crippen molar-refractivity contribution >= 4 is 38.9 Å². The second-order valence-electron chi connectivity index (χ2n) is 12.2. The van der Waals surface area contributed by atoms with Gasteiger partial charge >= 0.3 is 0 Å². The number of hydrogen-bond donors (Lipinski definition) is 1. The Morgan fingerprint density at radius 2 is 1.84 bits per heavy atom. The maximum absolute atomic E-state index is 13.8. The highest BCUT2D eigenvalue weighted by Gasteiger charge is 2.26. The average molecular weight is 644 g/mol. The molecule has 4 rings (SSSR count). The number of rotatable bonds is 9. The van der Waals surface area contributed by atoms with E-state index in [0.717, 1.165) is 50.1 Å². The summed E-state index contributed by atoms with van der Waals surface area (Å²) in [4.78, 5) is 24.5. The fraction of sp³-hybridized carbons (Fsp3) is 0.438. The van der Waals surface area contributed by atoms with E-state index in [0.29, 0.717) is 34.3 Å². The topological polar surface area (TPSA) is 104 Å². The van der Waals surface area contributed by atoms with E-state index >= 15 is 0 Å². The molecule has 1 aliphatic rings. The van der Waals surface area contributed by atoms with Gasteiger partial charge in [0.15, 0.2) is 5.75 Å². The number of aromatic nitrogens is 1. The zero-order valence-electron chi connectivity index (χ0n) is 26.5. The minimum absolute atomic E-state index is 0.227. The van der Waals surface area contributed by atoms with E-state index in [9.17, 15) is 13.2 Å². The highest BCUT2D eigenvalue weighted by Crippen LogP contribution is 2.41. The maximum atomic E-state index is 13.8. The summed E-state index contributed by atoms with van der Waals surface area (Å²) in [6, 6.07) is 12.1. The minimum Gasteiger partial charge on any atom is -0.492 e. The van der Waals surface area contributed by atoms with Crippen molar-refractivity contribution in [2.45, 2.75) is 39.2 Å². The Kier molecular flexibility index (Phi) is 10.5. The third-order valence-electron chi connectivity index (χ3n) is 7.49. The van der Waals surface area contributed by atoms with Crippen LogP contribution in [0.2, 0.25) is 5.02 Å². The molecule has 3 aromatic rings. The van der Waals surface area contributed by atoms with E-state index in [-0.39, 0.29) is 22.8 Å². The number of pyridine rings is 1. The van der Waals surface area contributed by atoms with Crippen LogP contribution in [0.15, 0.2) is 48.7 Å². The van der Waals surface area contributed by atoms with E-state index in [4.69, 9.17) is 21.1 Å². The van der Waals surface area contributed by atoms with Crippen molar-refractivity contribution in [3.63, 3.8) is 0 Å². The molecule has 0 saturated carbocycles. The van der Waals surface area contributed by atoms with Gasteiger partial charge in [-0.1, -0.05) is 32.4 Å². The summed E-state index contributed by atoms with van der Waals surface area (Å²) >= 11 is 6.51. The first-order valence-corrected chi connectivity index (χ1v) is 16.7. The second kappa shape index (κ2) is 13.7. The number of anilines is 2. The van der Waals surface area contributed by atoms with Crippen LogP contribution < -0.4 is 19.1 Å². The molecule has 2 heterocycles. The van der Waals surface area contributed by atoms with Crippen molar-refractivity contribution < 1.29 is 22.7 Å². The predicted octanol–water partition coefficient (Wildman–Crippen LogP) is 5.62. The lowest BCUT2D eigenvalue weighted by Crippen LogP contribution is -2.28. The highest BCUT2D eigenvalue weighted by atomic mass is 35.5. The predicted molar refractivity (Wildman–Crippen MR) is 176 cm³/mol. The van der Waals surface area contributed by atoms with Crippen LogP contribution in [0.4, 0.5) is 11.4 Å². The summed E-state index contributed by atoms with van der Waals surface area (Å²) in [6.45, 7) is 10.8. The second-order valence-corrected chi connectivity index (χ2v) is 14.4. The largest absolute Gasteiger partial charge is 0.492 e. The number of carbonyl (C=O) groups excluding carboxylic acids is 1. The maximum Gasteiger partial charge on any atom is 0.258 e. The summed E-state index contributed by atoms with van der Waals surface area (Å²) in [5.74, 6) is 0.764. The van der Waals surface area contributed by atoms with Gasteiger partial charge in [-0.15, -0.1) is 0 Å². The molecule has 0 aliphatic carbocycles. The number of nitrogens with one attached hydrogen (secondary N) is 1. The zero-order chi connectivity index (χ0) is 32.2. The standard InChI is InChI=1S/C32H42ClN5O5S/c1-32(2,3)23-18-27(35-44(7,40)41)30(42-6)28(19-23)37(5)31(39)22-9-10-26(33)29(17-22)43-25-11-12-34-24(20-25)21-38-14-8-13-36(4)15-16-38/h9-12,17-20,35H,8,13-16,21H2,1-7H3. The third-order valence-corrected chi connectivity index (χ3v) is 8.40. The van der Waals surface area contributed by atoms with Gasteiger partial charge in [0.25, 0.3) is 5.91 Å². The Morgan fingerprint density at radius 3 is 2.52 bits per heavy atom. The smallest absolute Gasteiger partial charge is 0.258 e. The highest BCUT2D eigenvalue weighted by molar-refractivity contribution is 7.92. The molecule has 0 bridgehead atoms. The molecule has 10 nitrogen and oxygen atoms in total. The van der Waals surface area contributed by atoms with Crippen LogP contribution in [0.3, 0.4) is 0 Å². The Morgan fingerprint density at radius 1 is 1.09 bits per heavy atom. The molecule has 1 aliphatic heterocycles. The van der Waals surface area contributed by atoms with E-state index in [1.54, 1.807) is 43.6 Å². The Labute approximate surface area is 266 Å². The summed E-state index contributed by atoms with van der Waals surface area (Å²) in [6.07, 6.45) is 3.89. The van der Waals surface area contributed by atoms with Crippen molar-refractivity contribution in [2.24, 2.45) is 0 Å². The zero-order valence-corrected chi connectivity index (χ0v) is 28.1. The van der Waals surface area contributed by atoms with Gasteiger partial charge < -0.3 is 19.3 Å². The van der Waals surface area contributed by atoms with E-state index in [2.05, 4.69) is 26.6 Å². The van der Waals surface area contributed by atoms with Crippen molar-refractivity contribution in [3.05, 3.63) is 70.5 Å².